The Labute approximate surface area is 189 Å². The first-order chi connectivity index (χ1) is 15.5. The third-order valence-corrected chi connectivity index (χ3v) is 5.98. The van der Waals surface area contributed by atoms with Gasteiger partial charge in [-0.1, -0.05) is 30.3 Å². The van der Waals surface area contributed by atoms with Crippen LogP contribution in [0.5, 0.6) is 5.75 Å². The zero-order valence-corrected chi connectivity index (χ0v) is 18.4. The minimum atomic E-state index is -0.237. The molecule has 4 rings (SSSR count). The Morgan fingerprint density at radius 1 is 0.812 bits per heavy atom. The van der Waals surface area contributed by atoms with Crippen LogP contribution in [0.3, 0.4) is 0 Å². The van der Waals surface area contributed by atoms with Crippen molar-refractivity contribution in [2.45, 2.75) is 6.92 Å². The van der Waals surface area contributed by atoms with Gasteiger partial charge in [0.25, 0.3) is 11.8 Å². The third kappa shape index (κ3) is 4.84. The number of nitrogens with one attached hydrogen (secondary N) is 2. The number of thiazole rings is 1. The smallest absolute Gasteiger partial charge is 0.267 e. The second-order valence-corrected chi connectivity index (χ2v) is 8.01. The normalized spacial score (nSPS) is 10.4. The molecule has 0 fully saturated rings. The number of carbonyl (C=O) groups excluding carboxylic acids is 2. The van der Waals surface area contributed by atoms with Crippen LogP contribution in [0.4, 0.5) is 11.4 Å². The summed E-state index contributed by atoms with van der Waals surface area (Å²) in [5.41, 5.74) is 3.42. The van der Waals surface area contributed by atoms with Crippen LogP contribution in [0.2, 0.25) is 0 Å². The number of nitrogens with zero attached hydrogens (tertiary/aromatic N) is 1. The number of aryl methyl sites for hydroxylation is 1. The Kier molecular flexibility index (Phi) is 6.28. The summed E-state index contributed by atoms with van der Waals surface area (Å²) in [4.78, 5) is 30.3. The number of methoxy groups -OCH3 is 1. The van der Waals surface area contributed by atoms with E-state index in [0.717, 1.165) is 16.3 Å². The number of carbonyl (C=O) groups is 2. The summed E-state index contributed by atoms with van der Waals surface area (Å²) < 4.78 is 5.12. The van der Waals surface area contributed by atoms with E-state index in [1.807, 2.05) is 37.3 Å². The predicted molar refractivity (Wildman–Crippen MR) is 128 cm³/mol. The SMILES string of the molecule is COc1ccc(NC(=O)c2ccc(NC(=O)c3sc(-c4ccccc4)nc3C)cc2)cc1. The molecule has 2 N–H and O–H groups in total. The van der Waals surface area contributed by atoms with Crippen molar-refractivity contribution in [3.05, 3.63) is 95.0 Å². The molecule has 0 aliphatic carbocycles. The van der Waals surface area contributed by atoms with Crippen molar-refractivity contribution in [3.8, 4) is 16.3 Å². The number of rotatable bonds is 6. The highest BCUT2D eigenvalue weighted by molar-refractivity contribution is 7.17. The molecule has 0 saturated heterocycles. The van der Waals surface area contributed by atoms with Crippen LogP contribution in [0.25, 0.3) is 10.6 Å². The van der Waals surface area contributed by atoms with E-state index in [4.69, 9.17) is 4.74 Å². The van der Waals surface area contributed by atoms with Crippen molar-refractivity contribution >= 4 is 34.5 Å². The molecular formula is C25H21N3O3S. The molecule has 2 amide bonds. The van der Waals surface area contributed by atoms with E-state index in [2.05, 4.69) is 15.6 Å². The summed E-state index contributed by atoms with van der Waals surface area (Å²) in [6, 6.07) is 23.6. The quantitative estimate of drug-likeness (QED) is 0.405. The van der Waals surface area contributed by atoms with Crippen molar-refractivity contribution in [3.63, 3.8) is 0 Å². The monoisotopic (exact) mass is 443 g/mol. The largest absolute Gasteiger partial charge is 0.497 e. The van der Waals surface area contributed by atoms with Crippen LogP contribution in [-0.4, -0.2) is 23.9 Å². The number of aromatic nitrogens is 1. The maximum atomic E-state index is 12.8. The van der Waals surface area contributed by atoms with E-state index < -0.39 is 0 Å². The molecule has 1 aromatic heterocycles. The predicted octanol–water partition coefficient (Wildman–Crippen LogP) is 5.63. The molecule has 32 heavy (non-hydrogen) atoms. The fourth-order valence-electron chi connectivity index (χ4n) is 3.08. The Morgan fingerprint density at radius 2 is 1.41 bits per heavy atom. The van der Waals surface area contributed by atoms with Gasteiger partial charge in [-0.05, 0) is 55.5 Å². The summed E-state index contributed by atoms with van der Waals surface area (Å²) in [6.45, 7) is 1.82. The van der Waals surface area contributed by atoms with Crippen LogP contribution in [0.1, 0.15) is 25.7 Å². The lowest BCUT2D eigenvalue weighted by Gasteiger charge is -2.08. The van der Waals surface area contributed by atoms with Crippen molar-refractivity contribution in [2.75, 3.05) is 17.7 Å². The molecule has 4 aromatic rings. The average molecular weight is 444 g/mol. The molecule has 0 radical (unpaired) electrons. The lowest BCUT2D eigenvalue weighted by atomic mass is 10.2. The van der Waals surface area contributed by atoms with E-state index in [0.29, 0.717) is 27.5 Å². The summed E-state index contributed by atoms with van der Waals surface area (Å²) in [5, 5.41) is 6.52. The summed E-state index contributed by atoms with van der Waals surface area (Å²) >= 11 is 1.36. The van der Waals surface area contributed by atoms with E-state index in [9.17, 15) is 9.59 Å². The van der Waals surface area contributed by atoms with E-state index in [1.54, 1.807) is 55.6 Å². The highest BCUT2D eigenvalue weighted by Crippen LogP contribution is 2.28. The summed E-state index contributed by atoms with van der Waals surface area (Å²) in [6.07, 6.45) is 0. The molecule has 6 nitrogen and oxygen atoms in total. The van der Waals surface area contributed by atoms with Gasteiger partial charge in [0, 0.05) is 22.5 Å². The molecule has 0 unspecified atom stereocenters. The minimum absolute atomic E-state index is 0.224. The average Bonchev–Trinajstić information content (AvgIpc) is 3.22. The molecule has 3 aromatic carbocycles. The number of hydrogen-bond donors (Lipinski definition) is 2. The number of anilines is 2. The molecule has 0 aliphatic heterocycles. The van der Waals surface area contributed by atoms with Gasteiger partial charge in [-0.2, -0.15) is 0 Å². The second-order valence-electron chi connectivity index (χ2n) is 7.01. The Morgan fingerprint density at radius 3 is 2.03 bits per heavy atom. The highest BCUT2D eigenvalue weighted by Gasteiger charge is 2.16. The first kappa shape index (κ1) is 21.3. The van der Waals surface area contributed by atoms with Gasteiger partial charge in [0.05, 0.1) is 12.8 Å². The Balaban J connectivity index is 1.41. The van der Waals surface area contributed by atoms with Gasteiger partial charge in [0.15, 0.2) is 0 Å². The van der Waals surface area contributed by atoms with Crippen LogP contribution < -0.4 is 15.4 Å². The van der Waals surface area contributed by atoms with Crippen molar-refractivity contribution < 1.29 is 14.3 Å². The fourth-order valence-corrected chi connectivity index (χ4v) is 4.05. The molecule has 160 valence electrons. The molecule has 0 atom stereocenters. The first-order valence-corrected chi connectivity index (χ1v) is 10.7. The topological polar surface area (TPSA) is 80.3 Å². The molecule has 0 aliphatic rings. The lowest BCUT2D eigenvalue weighted by Crippen LogP contribution is -2.13. The summed E-state index contributed by atoms with van der Waals surface area (Å²) in [5.74, 6) is 0.256. The molecule has 0 bridgehead atoms. The summed E-state index contributed by atoms with van der Waals surface area (Å²) in [7, 11) is 1.59. The zero-order chi connectivity index (χ0) is 22.5. The van der Waals surface area contributed by atoms with Crippen LogP contribution in [-0.2, 0) is 0 Å². The van der Waals surface area contributed by atoms with Crippen molar-refractivity contribution in [1.82, 2.24) is 4.98 Å². The maximum Gasteiger partial charge on any atom is 0.267 e. The van der Waals surface area contributed by atoms with Crippen LogP contribution >= 0.6 is 11.3 Å². The van der Waals surface area contributed by atoms with E-state index in [-0.39, 0.29) is 11.8 Å². The van der Waals surface area contributed by atoms with Gasteiger partial charge in [-0.3, -0.25) is 9.59 Å². The standard InChI is InChI=1S/C25H21N3O3S/c1-16-22(32-25(26-16)18-6-4-3-5-7-18)24(30)28-19-10-8-17(9-11-19)23(29)27-20-12-14-21(31-2)15-13-20/h3-15H,1-2H3,(H,27,29)(H,28,30). The minimum Gasteiger partial charge on any atom is -0.497 e. The fraction of sp³-hybridized carbons (Fsp3) is 0.0800. The van der Waals surface area contributed by atoms with Gasteiger partial charge in [0.2, 0.25) is 0 Å². The Bertz CT molecular complexity index is 1230. The first-order valence-electron chi connectivity index (χ1n) is 9.93. The van der Waals surface area contributed by atoms with Crippen molar-refractivity contribution in [1.29, 1.82) is 0 Å². The van der Waals surface area contributed by atoms with Gasteiger partial charge in [-0.15, -0.1) is 11.3 Å². The van der Waals surface area contributed by atoms with E-state index >= 15 is 0 Å². The van der Waals surface area contributed by atoms with Crippen LogP contribution in [0, 0.1) is 6.92 Å². The lowest BCUT2D eigenvalue weighted by molar-refractivity contribution is 0.102. The van der Waals surface area contributed by atoms with Crippen molar-refractivity contribution in [2.24, 2.45) is 0 Å². The molecule has 0 saturated carbocycles. The number of amides is 2. The van der Waals surface area contributed by atoms with Gasteiger partial charge in [-0.25, -0.2) is 4.98 Å². The number of benzene rings is 3. The van der Waals surface area contributed by atoms with E-state index in [1.165, 1.54) is 11.3 Å². The maximum absolute atomic E-state index is 12.8. The third-order valence-electron chi connectivity index (χ3n) is 4.78. The second kappa shape index (κ2) is 9.45. The molecular weight excluding hydrogens is 422 g/mol. The molecule has 1 heterocycles. The number of hydrogen-bond acceptors (Lipinski definition) is 5. The van der Waals surface area contributed by atoms with Gasteiger partial charge >= 0.3 is 0 Å². The van der Waals surface area contributed by atoms with Gasteiger partial charge < -0.3 is 15.4 Å². The van der Waals surface area contributed by atoms with Crippen LogP contribution in [0.15, 0.2) is 78.9 Å². The zero-order valence-electron chi connectivity index (χ0n) is 17.6. The van der Waals surface area contributed by atoms with Gasteiger partial charge in [0.1, 0.15) is 15.6 Å². The molecule has 0 spiro atoms. The highest BCUT2D eigenvalue weighted by atomic mass is 32.1. The number of ether oxygens (including phenoxy) is 1. The molecule has 7 heteroatoms. The Hall–Kier alpha value is -3.97.